The van der Waals surface area contributed by atoms with Crippen molar-refractivity contribution in [2.24, 2.45) is 0 Å². The highest BCUT2D eigenvalue weighted by Gasteiger charge is 2.15. The Morgan fingerprint density at radius 1 is 1.12 bits per heavy atom. The Balaban J connectivity index is 2.01. The van der Waals surface area contributed by atoms with E-state index in [2.05, 4.69) is 31.2 Å². The Hall–Kier alpha value is -0.820. The van der Waals surface area contributed by atoms with E-state index in [0.29, 0.717) is 0 Å². The van der Waals surface area contributed by atoms with E-state index in [1.807, 2.05) is 0 Å². The molecule has 1 nitrogen and oxygen atoms in total. The molecule has 1 aliphatic carbocycles. The van der Waals surface area contributed by atoms with Gasteiger partial charge in [0.15, 0.2) is 0 Å². The second-order valence-electron chi connectivity index (χ2n) is 5.31. The van der Waals surface area contributed by atoms with E-state index in [0.717, 1.165) is 24.3 Å². The molecule has 1 atom stereocenters. The molecule has 2 rings (SSSR count). The lowest BCUT2D eigenvalue weighted by atomic mass is 9.84. The lowest BCUT2D eigenvalue weighted by Crippen LogP contribution is -2.05. The van der Waals surface area contributed by atoms with Crippen molar-refractivity contribution in [1.82, 2.24) is 0 Å². The third-order valence-corrected chi connectivity index (χ3v) is 3.96. The van der Waals surface area contributed by atoms with Crippen LogP contribution in [0.2, 0.25) is 0 Å². The summed E-state index contributed by atoms with van der Waals surface area (Å²) in [5.74, 6) is 0.765. The molecule has 1 heteroatoms. The molecule has 17 heavy (non-hydrogen) atoms. The predicted octanol–water partition coefficient (Wildman–Crippen LogP) is 4.57. The van der Waals surface area contributed by atoms with Gasteiger partial charge in [0.2, 0.25) is 0 Å². The molecule has 0 spiro atoms. The van der Waals surface area contributed by atoms with Gasteiger partial charge < -0.3 is 5.11 Å². The number of aliphatic hydroxyl groups is 1. The Morgan fingerprint density at radius 3 is 2.35 bits per heavy atom. The van der Waals surface area contributed by atoms with E-state index >= 15 is 0 Å². The maximum Gasteiger partial charge on any atom is 0.0790 e. The van der Waals surface area contributed by atoms with Gasteiger partial charge in [-0.25, -0.2) is 0 Å². The highest BCUT2D eigenvalue weighted by atomic mass is 16.3. The molecule has 1 aromatic rings. The van der Waals surface area contributed by atoms with Crippen molar-refractivity contribution in [2.45, 2.75) is 63.9 Å². The zero-order valence-corrected chi connectivity index (χ0v) is 10.9. The van der Waals surface area contributed by atoms with Gasteiger partial charge in [0.25, 0.3) is 0 Å². The van der Waals surface area contributed by atoms with Crippen molar-refractivity contribution in [3.8, 4) is 0 Å². The summed E-state index contributed by atoms with van der Waals surface area (Å²) in [6.07, 6.45) is 8.47. The quantitative estimate of drug-likeness (QED) is 0.806. The largest absolute Gasteiger partial charge is 0.388 e. The smallest absolute Gasteiger partial charge is 0.0790 e. The van der Waals surface area contributed by atoms with Gasteiger partial charge in [0.1, 0.15) is 0 Å². The minimum atomic E-state index is -0.277. The fourth-order valence-corrected chi connectivity index (χ4v) is 2.87. The SMILES string of the molecule is CCCC(O)c1ccc(C2CCCCC2)cc1. The van der Waals surface area contributed by atoms with Crippen molar-refractivity contribution in [3.63, 3.8) is 0 Å². The molecule has 1 aliphatic rings. The van der Waals surface area contributed by atoms with Crippen LogP contribution in [-0.2, 0) is 0 Å². The minimum Gasteiger partial charge on any atom is -0.388 e. The molecule has 0 aliphatic heterocycles. The van der Waals surface area contributed by atoms with Gasteiger partial charge in [0.05, 0.1) is 6.10 Å². The Morgan fingerprint density at radius 2 is 1.76 bits per heavy atom. The molecule has 0 radical (unpaired) electrons. The molecule has 0 aromatic heterocycles. The van der Waals surface area contributed by atoms with Gasteiger partial charge >= 0.3 is 0 Å². The summed E-state index contributed by atoms with van der Waals surface area (Å²) in [5, 5.41) is 9.92. The van der Waals surface area contributed by atoms with E-state index < -0.39 is 0 Å². The molecule has 1 unspecified atom stereocenters. The summed E-state index contributed by atoms with van der Waals surface area (Å²) in [6, 6.07) is 8.68. The van der Waals surface area contributed by atoms with E-state index in [4.69, 9.17) is 0 Å². The topological polar surface area (TPSA) is 20.2 Å². The van der Waals surface area contributed by atoms with Crippen LogP contribution in [0.1, 0.15) is 75.0 Å². The van der Waals surface area contributed by atoms with Gasteiger partial charge in [-0.05, 0) is 36.3 Å². The van der Waals surface area contributed by atoms with Gasteiger partial charge in [-0.15, -0.1) is 0 Å². The first kappa shape index (κ1) is 12.6. The van der Waals surface area contributed by atoms with Crippen LogP contribution in [0.5, 0.6) is 0 Å². The van der Waals surface area contributed by atoms with Gasteiger partial charge in [-0.1, -0.05) is 56.9 Å². The molecule has 1 saturated carbocycles. The lowest BCUT2D eigenvalue weighted by Gasteiger charge is -2.22. The summed E-state index contributed by atoms with van der Waals surface area (Å²) < 4.78 is 0. The van der Waals surface area contributed by atoms with Gasteiger partial charge in [0, 0.05) is 0 Å². The molecule has 0 amide bonds. The van der Waals surface area contributed by atoms with Crippen LogP contribution in [0, 0.1) is 0 Å². The maximum atomic E-state index is 9.92. The average Bonchev–Trinajstić information content (AvgIpc) is 2.40. The monoisotopic (exact) mass is 232 g/mol. The zero-order chi connectivity index (χ0) is 12.1. The van der Waals surface area contributed by atoms with E-state index in [1.54, 1.807) is 0 Å². The second-order valence-corrected chi connectivity index (χ2v) is 5.31. The maximum absolute atomic E-state index is 9.92. The highest BCUT2D eigenvalue weighted by Crippen LogP contribution is 2.33. The lowest BCUT2D eigenvalue weighted by molar-refractivity contribution is 0.166. The van der Waals surface area contributed by atoms with E-state index in [1.165, 1.54) is 37.7 Å². The predicted molar refractivity (Wildman–Crippen MR) is 72.1 cm³/mol. The number of hydrogen-bond donors (Lipinski definition) is 1. The third-order valence-electron chi connectivity index (χ3n) is 3.96. The Kier molecular flexibility index (Phi) is 4.61. The first-order valence-electron chi connectivity index (χ1n) is 7.09. The molecule has 0 bridgehead atoms. The summed E-state index contributed by atoms with van der Waals surface area (Å²) in [7, 11) is 0. The summed E-state index contributed by atoms with van der Waals surface area (Å²) in [4.78, 5) is 0. The molecule has 1 fully saturated rings. The van der Waals surface area contributed by atoms with Crippen LogP contribution in [-0.4, -0.2) is 5.11 Å². The van der Waals surface area contributed by atoms with Crippen LogP contribution < -0.4 is 0 Å². The van der Waals surface area contributed by atoms with Crippen LogP contribution >= 0.6 is 0 Å². The van der Waals surface area contributed by atoms with Crippen LogP contribution in [0.25, 0.3) is 0 Å². The minimum absolute atomic E-state index is 0.277. The van der Waals surface area contributed by atoms with Gasteiger partial charge in [-0.3, -0.25) is 0 Å². The van der Waals surface area contributed by atoms with Crippen LogP contribution in [0.4, 0.5) is 0 Å². The standard InChI is InChI=1S/C16H24O/c1-2-6-16(17)15-11-9-14(10-12-15)13-7-4-3-5-8-13/h9-13,16-17H,2-8H2,1H3. The molecular formula is C16H24O. The Bertz CT molecular complexity index is 322. The summed E-state index contributed by atoms with van der Waals surface area (Å²) >= 11 is 0. The zero-order valence-electron chi connectivity index (χ0n) is 10.9. The highest BCUT2D eigenvalue weighted by molar-refractivity contribution is 5.27. The fraction of sp³-hybridized carbons (Fsp3) is 0.625. The molecule has 94 valence electrons. The fourth-order valence-electron chi connectivity index (χ4n) is 2.87. The second kappa shape index (κ2) is 6.20. The first-order chi connectivity index (χ1) is 8.31. The molecule has 1 aromatic carbocycles. The molecule has 1 N–H and O–H groups in total. The first-order valence-corrected chi connectivity index (χ1v) is 7.09. The number of hydrogen-bond acceptors (Lipinski definition) is 1. The van der Waals surface area contributed by atoms with Crippen LogP contribution in [0.15, 0.2) is 24.3 Å². The van der Waals surface area contributed by atoms with Gasteiger partial charge in [-0.2, -0.15) is 0 Å². The summed E-state index contributed by atoms with van der Waals surface area (Å²) in [5.41, 5.74) is 2.54. The van der Waals surface area contributed by atoms with Crippen molar-refractivity contribution in [3.05, 3.63) is 35.4 Å². The number of rotatable bonds is 4. The third kappa shape index (κ3) is 3.32. The normalized spacial score (nSPS) is 19.2. The van der Waals surface area contributed by atoms with E-state index in [9.17, 15) is 5.11 Å². The molecule has 0 heterocycles. The van der Waals surface area contributed by atoms with Crippen molar-refractivity contribution < 1.29 is 5.11 Å². The van der Waals surface area contributed by atoms with E-state index in [-0.39, 0.29) is 6.10 Å². The number of aliphatic hydroxyl groups excluding tert-OH is 1. The van der Waals surface area contributed by atoms with Crippen LogP contribution in [0.3, 0.4) is 0 Å². The summed E-state index contributed by atoms with van der Waals surface area (Å²) in [6.45, 7) is 2.11. The van der Waals surface area contributed by atoms with Crippen molar-refractivity contribution >= 4 is 0 Å². The number of benzene rings is 1. The molecule has 0 saturated heterocycles. The van der Waals surface area contributed by atoms with Crippen molar-refractivity contribution in [1.29, 1.82) is 0 Å². The Labute approximate surface area is 105 Å². The van der Waals surface area contributed by atoms with Crippen molar-refractivity contribution in [2.75, 3.05) is 0 Å². The molecular weight excluding hydrogens is 208 g/mol. The average molecular weight is 232 g/mol.